The molecular formula is C22H19Cl2N3O4S. The number of aromatic nitrogens is 1. The molecule has 0 radical (unpaired) electrons. The molecule has 2 aromatic rings. The number of aromatic amines is 1. The molecule has 1 saturated heterocycles. The number of fused-ring (bicyclic) bond motifs is 1. The highest BCUT2D eigenvalue weighted by molar-refractivity contribution is 8.18. The average molecular weight is 492 g/mol. The Morgan fingerprint density at radius 2 is 2.03 bits per heavy atom. The minimum Gasteiger partial charge on any atom is -0.354 e. The molecule has 0 atom stereocenters. The fourth-order valence-electron chi connectivity index (χ4n) is 3.84. The van der Waals surface area contributed by atoms with Gasteiger partial charge < -0.3 is 10.3 Å². The van der Waals surface area contributed by atoms with Gasteiger partial charge in [0, 0.05) is 30.8 Å². The van der Waals surface area contributed by atoms with Crippen molar-refractivity contribution in [2.75, 3.05) is 13.1 Å². The normalized spacial score (nSPS) is 17.3. The fraction of sp³-hybridized carbons (Fsp3) is 0.273. The van der Waals surface area contributed by atoms with Crippen molar-refractivity contribution in [1.29, 1.82) is 0 Å². The van der Waals surface area contributed by atoms with Gasteiger partial charge in [0.05, 0.1) is 15.0 Å². The van der Waals surface area contributed by atoms with Crippen LogP contribution in [-0.2, 0) is 11.2 Å². The topological polar surface area (TPSA) is 99.3 Å². The van der Waals surface area contributed by atoms with Gasteiger partial charge in [0.25, 0.3) is 17.1 Å². The van der Waals surface area contributed by atoms with Gasteiger partial charge in [-0.1, -0.05) is 35.3 Å². The number of halogens is 2. The molecular weight excluding hydrogens is 473 g/mol. The first kappa shape index (κ1) is 22.6. The summed E-state index contributed by atoms with van der Waals surface area (Å²) in [5, 5.41) is 2.95. The number of carbonyl (C=O) groups is 4. The van der Waals surface area contributed by atoms with Crippen LogP contribution in [0, 0.1) is 6.92 Å². The number of benzene rings is 1. The number of rotatable bonds is 5. The van der Waals surface area contributed by atoms with Gasteiger partial charge >= 0.3 is 0 Å². The average Bonchev–Trinajstić information content (AvgIpc) is 3.23. The van der Waals surface area contributed by atoms with Crippen LogP contribution in [0.3, 0.4) is 0 Å². The zero-order valence-corrected chi connectivity index (χ0v) is 19.4. The van der Waals surface area contributed by atoms with E-state index in [1.165, 1.54) is 6.08 Å². The van der Waals surface area contributed by atoms with Gasteiger partial charge in [-0.15, -0.1) is 0 Å². The summed E-state index contributed by atoms with van der Waals surface area (Å²) in [6.45, 7) is 1.85. The van der Waals surface area contributed by atoms with Gasteiger partial charge in [-0.3, -0.25) is 24.1 Å². The van der Waals surface area contributed by atoms with Crippen molar-refractivity contribution in [3.05, 3.63) is 61.2 Å². The Morgan fingerprint density at radius 1 is 1.25 bits per heavy atom. The second-order valence-electron chi connectivity index (χ2n) is 7.49. The van der Waals surface area contributed by atoms with Crippen molar-refractivity contribution in [3.63, 3.8) is 0 Å². The standard InChI is InChI=1S/C22H19Cl2N3O4S/c1-11-17-14(6-3-7-15(17)28)26-19(11)20(29)25-8-9-27-21(30)16(32-22(27)31)10-12-4-2-5-13(23)18(12)24/h2,4-5,10,26H,3,6-9H2,1H3,(H,25,29)/b16-10-. The number of hydrogen-bond donors (Lipinski definition) is 2. The van der Waals surface area contributed by atoms with E-state index in [0.29, 0.717) is 38.9 Å². The summed E-state index contributed by atoms with van der Waals surface area (Å²) in [6, 6.07) is 5.03. The van der Waals surface area contributed by atoms with Crippen molar-refractivity contribution < 1.29 is 19.2 Å². The fourth-order valence-corrected chi connectivity index (χ4v) is 5.06. The summed E-state index contributed by atoms with van der Waals surface area (Å²) in [6.07, 6.45) is 3.51. The van der Waals surface area contributed by atoms with Gasteiger partial charge in [0.2, 0.25) is 0 Å². The number of carbonyl (C=O) groups excluding carboxylic acids is 4. The molecule has 0 spiro atoms. The first-order valence-corrected chi connectivity index (χ1v) is 11.6. The van der Waals surface area contributed by atoms with Crippen LogP contribution < -0.4 is 5.32 Å². The van der Waals surface area contributed by atoms with E-state index in [-0.39, 0.29) is 29.7 Å². The molecule has 3 amide bonds. The molecule has 2 N–H and O–H groups in total. The summed E-state index contributed by atoms with van der Waals surface area (Å²) in [7, 11) is 0. The van der Waals surface area contributed by atoms with Crippen LogP contribution in [0.1, 0.15) is 50.5 Å². The molecule has 1 fully saturated rings. The van der Waals surface area contributed by atoms with E-state index in [0.717, 1.165) is 35.2 Å². The largest absolute Gasteiger partial charge is 0.354 e. The Bertz CT molecular complexity index is 1190. The lowest BCUT2D eigenvalue weighted by molar-refractivity contribution is -0.122. The Hall–Kier alpha value is -2.55. The third-order valence-corrected chi connectivity index (χ3v) is 7.17. The molecule has 0 saturated carbocycles. The van der Waals surface area contributed by atoms with E-state index < -0.39 is 11.1 Å². The molecule has 4 rings (SSSR count). The van der Waals surface area contributed by atoms with E-state index in [9.17, 15) is 19.2 Å². The van der Waals surface area contributed by atoms with Crippen LogP contribution in [0.4, 0.5) is 4.79 Å². The van der Waals surface area contributed by atoms with E-state index in [4.69, 9.17) is 23.2 Å². The van der Waals surface area contributed by atoms with E-state index in [2.05, 4.69) is 10.3 Å². The number of nitrogens with zero attached hydrogens (tertiary/aromatic N) is 1. The van der Waals surface area contributed by atoms with E-state index in [1.54, 1.807) is 25.1 Å². The van der Waals surface area contributed by atoms with Crippen LogP contribution in [0.2, 0.25) is 10.0 Å². The number of amides is 3. The van der Waals surface area contributed by atoms with Gasteiger partial charge in [-0.2, -0.15) is 0 Å². The smallest absolute Gasteiger partial charge is 0.293 e. The lowest BCUT2D eigenvalue weighted by Gasteiger charge is -2.13. The minimum absolute atomic E-state index is 0.0232. The number of ketones is 1. The van der Waals surface area contributed by atoms with E-state index in [1.807, 2.05) is 0 Å². The zero-order chi connectivity index (χ0) is 23.0. The number of nitrogens with one attached hydrogen (secondary N) is 2. The SMILES string of the molecule is Cc1c(C(=O)NCCN2C(=O)S/C(=C\c3cccc(Cl)c3Cl)C2=O)[nH]c2c1C(=O)CCC2. The van der Waals surface area contributed by atoms with Crippen LogP contribution in [0.5, 0.6) is 0 Å². The number of H-pyrrole nitrogens is 1. The number of hydrogen-bond acceptors (Lipinski definition) is 5. The molecule has 10 heteroatoms. The quantitative estimate of drug-likeness (QED) is 0.594. The first-order chi connectivity index (χ1) is 15.3. The van der Waals surface area contributed by atoms with Crippen LogP contribution >= 0.6 is 35.0 Å². The molecule has 1 aromatic carbocycles. The number of Topliss-reactive ketones (excluding diaryl/α,β-unsaturated/α-hetero) is 1. The monoisotopic (exact) mass is 491 g/mol. The maximum absolute atomic E-state index is 12.7. The summed E-state index contributed by atoms with van der Waals surface area (Å²) < 4.78 is 0. The van der Waals surface area contributed by atoms with Crippen LogP contribution in [0.25, 0.3) is 6.08 Å². The molecule has 1 aliphatic heterocycles. The maximum Gasteiger partial charge on any atom is 0.293 e. The second-order valence-corrected chi connectivity index (χ2v) is 9.27. The predicted octanol–water partition coefficient (Wildman–Crippen LogP) is 4.62. The molecule has 2 heterocycles. The second kappa shape index (κ2) is 9.13. The van der Waals surface area contributed by atoms with E-state index >= 15 is 0 Å². The highest BCUT2D eigenvalue weighted by Crippen LogP contribution is 2.35. The molecule has 1 aliphatic carbocycles. The summed E-state index contributed by atoms with van der Waals surface area (Å²) in [5.41, 5.74) is 2.92. The molecule has 1 aromatic heterocycles. The Kier molecular flexibility index (Phi) is 6.46. The molecule has 0 bridgehead atoms. The molecule has 0 unspecified atom stereocenters. The van der Waals surface area contributed by atoms with Crippen molar-refractivity contribution in [2.45, 2.75) is 26.2 Å². The third kappa shape index (κ3) is 4.22. The summed E-state index contributed by atoms with van der Waals surface area (Å²) in [4.78, 5) is 54.1. The third-order valence-electron chi connectivity index (χ3n) is 5.43. The Morgan fingerprint density at radius 3 is 2.78 bits per heavy atom. The molecule has 7 nitrogen and oxygen atoms in total. The van der Waals surface area contributed by atoms with Gasteiger partial charge in [0.15, 0.2) is 5.78 Å². The van der Waals surface area contributed by atoms with Crippen molar-refractivity contribution in [1.82, 2.24) is 15.2 Å². The Labute approximate surface area is 198 Å². The van der Waals surface area contributed by atoms with Gasteiger partial charge in [-0.05, 0) is 54.8 Å². The van der Waals surface area contributed by atoms with Crippen LogP contribution in [-0.4, -0.2) is 45.8 Å². The van der Waals surface area contributed by atoms with Crippen LogP contribution in [0.15, 0.2) is 23.1 Å². The number of aryl methyl sites for hydroxylation is 1. The van der Waals surface area contributed by atoms with Gasteiger partial charge in [-0.25, -0.2) is 0 Å². The van der Waals surface area contributed by atoms with Crippen molar-refractivity contribution in [2.24, 2.45) is 0 Å². The highest BCUT2D eigenvalue weighted by atomic mass is 35.5. The Balaban J connectivity index is 1.40. The van der Waals surface area contributed by atoms with Crippen molar-refractivity contribution in [3.8, 4) is 0 Å². The van der Waals surface area contributed by atoms with Crippen molar-refractivity contribution >= 4 is 63.9 Å². The predicted molar refractivity (Wildman–Crippen MR) is 124 cm³/mol. The number of imide groups is 1. The molecule has 2 aliphatic rings. The maximum atomic E-state index is 12.7. The molecule has 166 valence electrons. The lowest BCUT2D eigenvalue weighted by Crippen LogP contribution is -2.37. The highest BCUT2D eigenvalue weighted by Gasteiger charge is 2.35. The summed E-state index contributed by atoms with van der Waals surface area (Å²) in [5.74, 6) is -0.788. The van der Waals surface area contributed by atoms with Gasteiger partial charge in [0.1, 0.15) is 5.69 Å². The summed E-state index contributed by atoms with van der Waals surface area (Å²) >= 11 is 13.0. The zero-order valence-electron chi connectivity index (χ0n) is 17.1. The lowest BCUT2D eigenvalue weighted by atomic mass is 9.94. The minimum atomic E-state index is -0.456. The first-order valence-electron chi connectivity index (χ1n) is 10.00. The molecule has 32 heavy (non-hydrogen) atoms. The number of thioether (sulfide) groups is 1.